The van der Waals surface area contributed by atoms with Crippen molar-refractivity contribution in [1.29, 1.82) is 0 Å². The molecule has 0 radical (unpaired) electrons. The summed E-state index contributed by atoms with van der Waals surface area (Å²) < 4.78 is 0. The van der Waals surface area contributed by atoms with E-state index in [1.807, 2.05) is 23.1 Å². The van der Waals surface area contributed by atoms with Crippen molar-refractivity contribution in [3.8, 4) is 0 Å². The lowest BCUT2D eigenvalue weighted by atomic mass is 9.91. The van der Waals surface area contributed by atoms with Crippen LogP contribution in [-0.2, 0) is 29.0 Å². The van der Waals surface area contributed by atoms with Crippen molar-refractivity contribution >= 4 is 11.8 Å². The smallest absolute Gasteiger partial charge is 0.244 e. The number of rotatable bonds is 6. The number of hydrogen-bond acceptors (Lipinski definition) is 3. The minimum absolute atomic E-state index is 0.0341. The highest BCUT2D eigenvalue weighted by Gasteiger charge is 2.36. The Labute approximate surface area is 179 Å². The van der Waals surface area contributed by atoms with Crippen LogP contribution in [0.1, 0.15) is 48.1 Å². The summed E-state index contributed by atoms with van der Waals surface area (Å²) >= 11 is 0. The highest BCUT2D eigenvalue weighted by Crippen LogP contribution is 2.32. The Bertz CT molecular complexity index is 888. The molecule has 2 amide bonds. The fourth-order valence-corrected chi connectivity index (χ4v) is 4.52. The van der Waals surface area contributed by atoms with Gasteiger partial charge in [-0.15, -0.1) is 0 Å². The standard InChI is InChI=1S/C25H31N3O2/c1-2-19-9-11-20(12-10-19)17-26-23(29)18-28-16-13-21-7-3-4-8-22(21)24(28)25(30)27-14-5-6-15-27/h3-4,7-12,24H,2,5-6,13-18H2,1H3,(H,26,29)/t24-/m1/s1. The number of nitrogens with zero attached hydrogens (tertiary/aromatic N) is 2. The molecule has 0 aliphatic carbocycles. The second kappa shape index (κ2) is 9.43. The second-order valence-electron chi connectivity index (χ2n) is 8.30. The van der Waals surface area contributed by atoms with Gasteiger partial charge in [0.15, 0.2) is 0 Å². The number of hydrogen-bond donors (Lipinski definition) is 1. The first-order valence-corrected chi connectivity index (χ1v) is 11.1. The maximum atomic E-state index is 13.3. The van der Waals surface area contributed by atoms with Gasteiger partial charge in [-0.25, -0.2) is 0 Å². The van der Waals surface area contributed by atoms with E-state index in [4.69, 9.17) is 0 Å². The van der Waals surface area contributed by atoms with E-state index in [-0.39, 0.29) is 24.4 Å². The van der Waals surface area contributed by atoms with Crippen LogP contribution in [0.5, 0.6) is 0 Å². The van der Waals surface area contributed by atoms with Crippen LogP contribution in [0.4, 0.5) is 0 Å². The predicted octanol–water partition coefficient (Wildman–Crippen LogP) is 3.09. The van der Waals surface area contributed by atoms with Crippen LogP contribution < -0.4 is 5.32 Å². The molecule has 2 heterocycles. The van der Waals surface area contributed by atoms with Crippen LogP contribution in [-0.4, -0.2) is 47.8 Å². The molecule has 30 heavy (non-hydrogen) atoms. The van der Waals surface area contributed by atoms with Crippen molar-refractivity contribution < 1.29 is 9.59 Å². The summed E-state index contributed by atoms with van der Waals surface area (Å²) in [5.41, 5.74) is 4.67. The first-order chi connectivity index (χ1) is 14.7. The molecule has 2 aliphatic heterocycles. The SMILES string of the molecule is CCc1ccc(CNC(=O)CN2CCc3ccccc3[C@@H]2C(=O)N2CCCC2)cc1. The fourth-order valence-electron chi connectivity index (χ4n) is 4.52. The van der Waals surface area contributed by atoms with E-state index in [0.29, 0.717) is 6.54 Å². The van der Waals surface area contributed by atoms with Crippen molar-refractivity contribution in [3.05, 3.63) is 70.8 Å². The Morgan fingerprint density at radius 2 is 1.67 bits per heavy atom. The van der Waals surface area contributed by atoms with Crippen molar-refractivity contribution in [3.63, 3.8) is 0 Å². The third-order valence-electron chi connectivity index (χ3n) is 6.30. The van der Waals surface area contributed by atoms with Crippen LogP contribution in [0.3, 0.4) is 0 Å². The van der Waals surface area contributed by atoms with E-state index >= 15 is 0 Å². The zero-order chi connectivity index (χ0) is 20.9. The van der Waals surface area contributed by atoms with Crippen molar-refractivity contribution in [2.75, 3.05) is 26.2 Å². The van der Waals surface area contributed by atoms with Gasteiger partial charge in [0, 0.05) is 26.2 Å². The molecule has 2 aromatic rings. The number of nitrogens with one attached hydrogen (secondary N) is 1. The van der Waals surface area contributed by atoms with Crippen LogP contribution in [0.15, 0.2) is 48.5 Å². The van der Waals surface area contributed by atoms with Gasteiger partial charge in [-0.2, -0.15) is 0 Å². The molecule has 158 valence electrons. The number of amides is 2. The first-order valence-electron chi connectivity index (χ1n) is 11.1. The highest BCUT2D eigenvalue weighted by molar-refractivity contribution is 5.86. The molecule has 5 nitrogen and oxygen atoms in total. The Morgan fingerprint density at radius 1 is 0.967 bits per heavy atom. The van der Waals surface area contributed by atoms with Gasteiger partial charge in [-0.3, -0.25) is 14.5 Å². The van der Waals surface area contributed by atoms with Crippen molar-refractivity contribution in [2.45, 2.75) is 45.2 Å². The number of likely N-dealkylation sites (tertiary alicyclic amines) is 1. The number of benzene rings is 2. The van der Waals surface area contributed by atoms with Gasteiger partial charge in [0.1, 0.15) is 6.04 Å². The summed E-state index contributed by atoms with van der Waals surface area (Å²) in [6, 6.07) is 16.2. The summed E-state index contributed by atoms with van der Waals surface area (Å²) in [7, 11) is 0. The first kappa shape index (κ1) is 20.6. The van der Waals surface area contributed by atoms with Crippen molar-refractivity contribution in [2.24, 2.45) is 0 Å². The summed E-state index contributed by atoms with van der Waals surface area (Å²) in [5.74, 6) is 0.107. The topological polar surface area (TPSA) is 52.7 Å². The predicted molar refractivity (Wildman–Crippen MR) is 118 cm³/mol. The summed E-state index contributed by atoms with van der Waals surface area (Å²) in [6.07, 6.45) is 4.01. The molecule has 2 aromatic carbocycles. The Kier molecular flexibility index (Phi) is 6.48. The van der Waals surface area contributed by atoms with Gasteiger partial charge in [-0.05, 0) is 47.9 Å². The Hall–Kier alpha value is -2.66. The zero-order valence-electron chi connectivity index (χ0n) is 17.8. The molecular weight excluding hydrogens is 374 g/mol. The van der Waals surface area contributed by atoms with E-state index in [2.05, 4.69) is 47.5 Å². The van der Waals surface area contributed by atoms with E-state index in [9.17, 15) is 9.59 Å². The lowest BCUT2D eigenvalue weighted by Crippen LogP contribution is -2.48. The molecule has 4 rings (SSSR count). The molecule has 1 N–H and O–H groups in total. The third kappa shape index (κ3) is 4.57. The molecule has 5 heteroatoms. The van der Waals surface area contributed by atoms with Crippen LogP contribution in [0.25, 0.3) is 0 Å². The highest BCUT2D eigenvalue weighted by atomic mass is 16.2. The lowest BCUT2D eigenvalue weighted by molar-refractivity contribution is -0.137. The lowest BCUT2D eigenvalue weighted by Gasteiger charge is -2.37. The largest absolute Gasteiger partial charge is 0.351 e. The van der Waals surface area contributed by atoms with Crippen molar-refractivity contribution in [1.82, 2.24) is 15.1 Å². The molecule has 1 saturated heterocycles. The number of carbonyl (C=O) groups is 2. The molecular formula is C25H31N3O2. The molecule has 0 saturated carbocycles. The van der Waals surface area contributed by atoms with Gasteiger partial charge in [0.2, 0.25) is 11.8 Å². The van der Waals surface area contributed by atoms with Gasteiger partial charge < -0.3 is 10.2 Å². The number of carbonyl (C=O) groups excluding carboxylic acids is 2. The zero-order valence-corrected chi connectivity index (χ0v) is 17.8. The van der Waals surface area contributed by atoms with E-state index < -0.39 is 0 Å². The molecule has 1 atom stereocenters. The Balaban J connectivity index is 1.44. The van der Waals surface area contributed by atoms with E-state index in [1.165, 1.54) is 11.1 Å². The maximum absolute atomic E-state index is 13.3. The second-order valence-corrected chi connectivity index (χ2v) is 8.30. The van der Waals surface area contributed by atoms with Gasteiger partial charge in [-0.1, -0.05) is 55.5 Å². The van der Waals surface area contributed by atoms with Crippen LogP contribution >= 0.6 is 0 Å². The molecule has 0 unspecified atom stereocenters. The minimum Gasteiger partial charge on any atom is -0.351 e. The summed E-state index contributed by atoms with van der Waals surface area (Å²) in [4.78, 5) is 30.1. The number of aryl methyl sites for hydroxylation is 1. The van der Waals surface area contributed by atoms with Gasteiger partial charge >= 0.3 is 0 Å². The van der Waals surface area contributed by atoms with E-state index in [0.717, 1.165) is 56.4 Å². The van der Waals surface area contributed by atoms with E-state index in [1.54, 1.807) is 0 Å². The Morgan fingerprint density at radius 3 is 2.40 bits per heavy atom. The van der Waals surface area contributed by atoms with Gasteiger partial charge in [0.25, 0.3) is 0 Å². The number of fused-ring (bicyclic) bond motifs is 1. The fraction of sp³-hybridized carbons (Fsp3) is 0.440. The molecule has 1 fully saturated rings. The molecule has 0 aromatic heterocycles. The maximum Gasteiger partial charge on any atom is 0.244 e. The van der Waals surface area contributed by atoms with Gasteiger partial charge in [0.05, 0.1) is 6.54 Å². The quantitative estimate of drug-likeness (QED) is 0.804. The third-order valence-corrected chi connectivity index (χ3v) is 6.30. The average molecular weight is 406 g/mol. The molecule has 0 bridgehead atoms. The van der Waals surface area contributed by atoms with Crippen LogP contribution in [0.2, 0.25) is 0 Å². The van der Waals surface area contributed by atoms with Crippen LogP contribution in [0, 0.1) is 0 Å². The molecule has 2 aliphatic rings. The summed E-state index contributed by atoms with van der Waals surface area (Å²) in [6.45, 7) is 5.26. The molecule has 0 spiro atoms. The monoisotopic (exact) mass is 405 g/mol. The summed E-state index contributed by atoms with van der Waals surface area (Å²) in [5, 5.41) is 3.03. The normalized spacial score (nSPS) is 18.8. The minimum atomic E-state index is -0.359. The average Bonchev–Trinajstić information content (AvgIpc) is 3.32.